The lowest BCUT2D eigenvalue weighted by Crippen LogP contribution is -2.15. The highest BCUT2D eigenvalue weighted by atomic mass is 19.3. The van der Waals surface area contributed by atoms with Gasteiger partial charge >= 0.3 is 0 Å². The van der Waals surface area contributed by atoms with Crippen molar-refractivity contribution in [2.45, 2.75) is 38.7 Å². The molecular formula is C23H25F3N2O2. The molecule has 160 valence electrons. The third-order valence-electron chi connectivity index (χ3n) is 6.33. The fourth-order valence-electron chi connectivity index (χ4n) is 4.59. The Labute approximate surface area is 173 Å². The maximum atomic E-state index is 13.9. The number of aliphatic imine (C=N–C) groups is 2. The van der Waals surface area contributed by atoms with Gasteiger partial charge in [0.25, 0.3) is 6.43 Å². The number of aryl methyl sites for hydroxylation is 1. The van der Waals surface area contributed by atoms with Gasteiger partial charge in [-0.3, -0.25) is 14.8 Å². The Morgan fingerprint density at radius 2 is 2.03 bits per heavy atom. The molecule has 0 N–H and O–H groups in total. The summed E-state index contributed by atoms with van der Waals surface area (Å²) in [7, 11) is 0. The van der Waals surface area contributed by atoms with Crippen molar-refractivity contribution < 1.29 is 22.7 Å². The number of rotatable bonds is 9. The van der Waals surface area contributed by atoms with Crippen LogP contribution in [0.4, 0.5) is 13.2 Å². The summed E-state index contributed by atoms with van der Waals surface area (Å²) in [5, 5.41) is 0. The molecule has 4 atom stereocenters. The molecule has 1 saturated carbocycles. The second kappa shape index (κ2) is 8.84. The molecule has 30 heavy (non-hydrogen) atoms. The molecule has 1 aromatic rings. The van der Waals surface area contributed by atoms with Crippen molar-refractivity contribution in [3.05, 3.63) is 46.8 Å². The van der Waals surface area contributed by atoms with E-state index in [4.69, 9.17) is 4.74 Å². The van der Waals surface area contributed by atoms with E-state index in [0.29, 0.717) is 49.1 Å². The number of fused-ring (bicyclic) bond motifs is 1. The Morgan fingerprint density at radius 1 is 1.30 bits per heavy atom. The number of carbonyl (C=O) groups is 1. The summed E-state index contributed by atoms with van der Waals surface area (Å²) in [5.41, 5.74) is 0.645. The van der Waals surface area contributed by atoms with Crippen LogP contribution in [0.5, 0.6) is 0 Å². The second-order valence-corrected chi connectivity index (χ2v) is 8.23. The molecular weight excluding hydrogens is 393 g/mol. The first-order valence-corrected chi connectivity index (χ1v) is 10.4. The van der Waals surface area contributed by atoms with Crippen molar-refractivity contribution in [1.29, 1.82) is 0 Å². The van der Waals surface area contributed by atoms with E-state index in [9.17, 15) is 18.0 Å². The van der Waals surface area contributed by atoms with Crippen molar-refractivity contribution in [2.75, 3.05) is 19.8 Å². The van der Waals surface area contributed by atoms with Crippen LogP contribution in [0, 0.1) is 23.6 Å². The second-order valence-electron chi connectivity index (χ2n) is 8.23. The standard InChI is InChI=1S/C23H25F3N2O2/c1-13(29)22-16(10-27-9-15-17-11-30-12-18(15)17)21(23(25)26)20(28-22)8-4-6-14-5-2-3-7-19(14)24/h2-3,5,7,10,15,17-18,20,23H,4,6,8-9,11-12H2,1H3/t15?,17-,18+,20?. The van der Waals surface area contributed by atoms with Crippen LogP contribution in [0.1, 0.15) is 25.3 Å². The minimum Gasteiger partial charge on any atom is -0.381 e. The molecule has 4 rings (SSSR count). The smallest absolute Gasteiger partial charge is 0.262 e. The van der Waals surface area contributed by atoms with Crippen LogP contribution in [0.3, 0.4) is 0 Å². The largest absolute Gasteiger partial charge is 0.381 e. The third kappa shape index (κ3) is 4.26. The summed E-state index contributed by atoms with van der Waals surface area (Å²) in [5.74, 6) is 0.858. The van der Waals surface area contributed by atoms with E-state index in [1.54, 1.807) is 18.2 Å². The first-order chi connectivity index (χ1) is 14.5. The number of ketones is 1. The number of allylic oxidation sites excluding steroid dienone is 1. The van der Waals surface area contributed by atoms with Gasteiger partial charge in [0.15, 0.2) is 5.78 Å². The van der Waals surface area contributed by atoms with Crippen molar-refractivity contribution in [2.24, 2.45) is 27.7 Å². The van der Waals surface area contributed by atoms with E-state index in [1.807, 2.05) is 0 Å². The summed E-state index contributed by atoms with van der Waals surface area (Å²) >= 11 is 0. The number of nitrogens with zero attached hydrogens (tertiary/aromatic N) is 2. The van der Waals surface area contributed by atoms with Crippen LogP contribution in [0.2, 0.25) is 0 Å². The van der Waals surface area contributed by atoms with Gasteiger partial charge in [0.2, 0.25) is 0 Å². The van der Waals surface area contributed by atoms with E-state index in [-0.39, 0.29) is 28.5 Å². The molecule has 1 aliphatic carbocycles. The predicted octanol–water partition coefficient (Wildman–Crippen LogP) is 4.09. The number of hydrogen-bond donors (Lipinski definition) is 0. The molecule has 0 bridgehead atoms. The lowest BCUT2D eigenvalue weighted by atomic mass is 9.97. The zero-order valence-corrected chi connectivity index (χ0v) is 16.9. The number of ether oxygens (including phenoxy) is 1. The van der Waals surface area contributed by atoms with E-state index in [1.165, 1.54) is 19.2 Å². The highest BCUT2D eigenvalue weighted by Crippen LogP contribution is 2.50. The first-order valence-electron chi connectivity index (χ1n) is 10.4. The summed E-state index contributed by atoms with van der Waals surface area (Å²) in [4.78, 5) is 20.7. The van der Waals surface area contributed by atoms with E-state index < -0.39 is 12.5 Å². The molecule has 2 unspecified atom stereocenters. The molecule has 0 amide bonds. The molecule has 2 heterocycles. The van der Waals surface area contributed by atoms with Crippen LogP contribution in [0.15, 0.2) is 45.4 Å². The molecule has 2 aliphatic heterocycles. The summed E-state index contributed by atoms with van der Waals surface area (Å²) in [6.07, 6.45) is -0.0636. The Balaban J connectivity index is 1.45. The van der Waals surface area contributed by atoms with Crippen LogP contribution in [-0.4, -0.2) is 49.9 Å². The van der Waals surface area contributed by atoms with Gasteiger partial charge in [0, 0.05) is 30.8 Å². The van der Waals surface area contributed by atoms with Crippen LogP contribution >= 0.6 is 0 Å². The number of benzene rings is 1. The first kappa shape index (κ1) is 21.0. The molecule has 0 radical (unpaired) electrons. The fraction of sp³-hybridized carbons (Fsp3) is 0.522. The Bertz CT molecular complexity index is 899. The Kier molecular flexibility index (Phi) is 6.18. The van der Waals surface area contributed by atoms with Gasteiger partial charge in [-0.05, 0) is 48.6 Å². The normalized spacial score (nSPS) is 27.8. The Morgan fingerprint density at radius 3 is 2.70 bits per heavy atom. The molecule has 3 aliphatic rings. The van der Waals surface area contributed by atoms with Gasteiger partial charge in [-0.25, -0.2) is 13.2 Å². The number of carbonyl (C=O) groups excluding carboxylic acids is 1. The SMILES string of the molecule is CC(=O)C1=NC(CCCc2ccccc2F)C(C(F)F)=C1C=NCC1[C@H]2COC[C@@H]12. The molecule has 1 saturated heterocycles. The third-order valence-corrected chi connectivity index (χ3v) is 6.33. The highest BCUT2D eigenvalue weighted by Gasteiger charge is 2.53. The van der Waals surface area contributed by atoms with E-state index in [2.05, 4.69) is 9.98 Å². The number of alkyl halides is 2. The molecule has 2 fully saturated rings. The topological polar surface area (TPSA) is 51.0 Å². The lowest BCUT2D eigenvalue weighted by Gasteiger charge is -2.13. The maximum absolute atomic E-state index is 13.9. The summed E-state index contributed by atoms with van der Waals surface area (Å²) in [6, 6.07) is 5.67. The van der Waals surface area contributed by atoms with Gasteiger partial charge in [0.1, 0.15) is 11.5 Å². The quantitative estimate of drug-likeness (QED) is 0.568. The fourth-order valence-corrected chi connectivity index (χ4v) is 4.59. The van der Waals surface area contributed by atoms with Gasteiger partial charge in [-0.15, -0.1) is 0 Å². The van der Waals surface area contributed by atoms with Gasteiger partial charge in [-0.2, -0.15) is 0 Å². The summed E-state index contributed by atoms with van der Waals surface area (Å²) in [6.45, 7) is 3.39. The predicted molar refractivity (Wildman–Crippen MR) is 109 cm³/mol. The maximum Gasteiger partial charge on any atom is 0.262 e. The van der Waals surface area contributed by atoms with Gasteiger partial charge < -0.3 is 4.74 Å². The summed E-state index contributed by atoms with van der Waals surface area (Å²) < 4.78 is 46.9. The number of halogens is 3. The average Bonchev–Trinajstić information content (AvgIpc) is 3.06. The molecule has 0 aromatic heterocycles. The van der Waals surface area contributed by atoms with Gasteiger partial charge in [-0.1, -0.05) is 18.2 Å². The van der Waals surface area contributed by atoms with Crippen molar-refractivity contribution in [3.8, 4) is 0 Å². The van der Waals surface area contributed by atoms with E-state index >= 15 is 0 Å². The van der Waals surface area contributed by atoms with E-state index in [0.717, 1.165) is 13.2 Å². The molecule has 1 aromatic carbocycles. The molecule has 0 spiro atoms. The lowest BCUT2D eigenvalue weighted by molar-refractivity contribution is -0.111. The van der Waals surface area contributed by atoms with Gasteiger partial charge in [0.05, 0.1) is 19.3 Å². The highest BCUT2D eigenvalue weighted by molar-refractivity contribution is 6.50. The van der Waals surface area contributed by atoms with Crippen molar-refractivity contribution in [3.63, 3.8) is 0 Å². The van der Waals surface area contributed by atoms with Crippen molar-refractivity contribution >= 4 is 17.7 Å². The van der Waals surface area contributed by atoms with Crippen LogP contribution in [0.25, 0.3) is 0 Å². The minimum absolute atomic E-state index is 0.0734. The monoisotopic (exact) mass is 418 g/mol. The molecule has 4 nitrogen and oxygen atoms in total. The van der Waals surface area contributed by atoms with Crippen LogP contribution < -0.4 is 0 Å². The number of hydrogen-bond acceptors (Lipinski definition) is 4. The molecule has 7 heteroatoms. The minimum atomic E-state index is -2.72. The zero-order valence-electron chi connectivity index (χ0n) is 16.9. The zero-order chi connectivity index (χ0) is 21.3. The Hall–Kier alpha value is -2.28. The number of Topliss-reactive ketones (excluding diaryl/α,β-unsaturated/α-hetero) is 1. The average molecular weight is 418 g/mol. The van der Waals surface area contributed by atoms with Crippen LogP contribution in [-0.2, 0) is 16.0 Å². The van der Waals surface area contributed by atoms with Crippen molar-refractivity contribution in [1.82, 2.24) is 0 Å².